The van der Waals surface area contributed by atoms with Crippen LogP contribution in [0.3, 0.4) is 0 Å². The van der Waals surface area contributed by atoms with Crippen LogP contribution in [0.15, 0.2) is 47.5 Å². The van der Waals surface area contributed by atoms with Crippen LogP contribution in [0.4, 0.5) is 36.4 Å². The number of primary amides is 1. The molecule has 2 aromatic carbocycles. The van der Waals surface area contributed by atoms with Gasteiger partial charge in [-0.15, -0.1) is 0 Å². The van der Waals surface area contributed by atoms with Crippen LogP contribution >= 0.6 is 0 Å². The van der Waals surface area contributed by atoms with Crippen molar-refractivity contribution in [1.29, 1.82) is 0 Å². The van der Waals surface area contributed by atoms with Crippen molar-refractivity contribution in [2.75, 3.05) is 11.6 Å². The number of nitrogens with zero attached hydrogens (tertiary/aromatic N) is 2. The molecular weight excluding hydrogens is 667 g/mol. The first-order chi connectivity index (χ1) is 22.6. The number of halogens is 7. The van der Waals surface area contributed by atoms with Gasteiger partial charge in [0, 0.05) is 36.3 Å². The standard InChI is InChI=1S/C29H33F4N5O5.C3H5F3/c1-15(2)22(35)28(42)43-14-38-24-16(3)6-4-9-20(24)23(17-7-5-8-19(30)12-17)36-25(27(38)41)37-26(40)18(13-21(34)39)10-11-29(31,32)33;1-2-3(4,5)6/h4-9,12,15,18,22,25H,10-11,13-14,35H2,1-3H3,(H2,34,39)(H,37,40);2H2,1H3. The molecular formula is C32H38F7N5O5. The fourth-order valence-corrected chi connectivity index (χ4v) is 4.46. The lowest BCUT2D eigenvalue weighted by molar-refractivity contribution is -0.147. The zero-order chi connectivity index (χ0) is 37.3. The van der Waals surface area contributed by atoms with Crippen molar-refractivity contribution in [3.63, 3.8) is 0 Å². The second-order valence-electron chi connectivity index (χ2n) is 11.5. The van der Waals surface area contributed by atoms with E-state index in [2.05, 4.69) is 10.3 Å². The maximum absolute atomic E-state index is 14.3. The van der Waals surface area contributed by atoms with Gasteiger partial charge in [0.05, 0.1) is 11.4 Å². The first kappa shape index (κ1) is 40.6. The minimum atomic E-state index is -4.62. The van der Waals surface area contributed by atoms with E-state index in [1.54, 1.807) is 39.0 Å². The average molecular weight is 706 g/mol. The molecule has 0 fully saturated rings. The molecule has 0 radical (unpaired) electrons. The Balaban J connectivity index is 0.00000127. The monoisotopic (exact) mass is 705 g/mol. The van der Waals surface area contributed by atoms with Crippen molar-refractivity contribution in [3.05, 3.63) is 65.0 Å². The van der Waals surface area contributed by atoms with Crippen molar-refractivity contribution in [1.82, 2.24) is 5.32 Å². The number of aryl methyl sites for hydroxylation is 1. The van der Waals surface area contributed by atoms with Crippen molar-refractivity contribution in [2.45, 2.75) is 77.9 Å². The SMILES string of the molecule is CCC(F)(F)F.Cc1cccc2c1N(COC(=O)C(N)C(C)C)C(=O)C(NC(=O)C(CCC(F)(F)F)CC(N)=O)N=C2c1cccc(F)c1. The number of hydrogen-bond donors (Lipinski definition) is 3. The number of fused-ring (bicyclic) bond motifs is 1. The molecule has 0 aliphatic carbocycles. The van der Waals surface area contributed by atoms with E-state index in [0.29, 0.717) is 11.1 Å². The Labute approximate surface area is 278 Å². The predicted molar refractivity (Wildman–Crippen MR) is 165 cm³/mol. The Kier molecular flexibility index (Phi) is 14.3. The Hall–Kier alpha value is -4.54. The average Bonchev–Trinajstić information content (AvgIpc) is 3.11. The van der Waals surface area contributed by atoms with E-state index in [4.69, 9.17) is 16.2 Å². The van der Waals surface area contributed by atoms with Crippen LogP contribution in [-0.4, -0.2) is 60.7 Å². The van der Waals surface area contributed by atoms with Gasteiger partial charge in [-0.25, -0.2) is 9.38 Å². The summed E-state index contributed by atoms with van der Waals surface area (Å²) in [5.41, 5.74) is 12.5. The van der Waals surface area contributed by atoms with Gasteiger partial charge in [-0.3, -0.25) is 24.1 Å². The Morgan fingerprint density at radius 3 is 2.18 bits per heavy atom. The third-order valence-corrected chi connectivity index (χ3v) is 7.22. The molecule has 17 heteroatoms. The topological polar surface area (TPSA) is 157 Å². The largest absolute Gasteiger partial charge is 0.443 e. The zero-order valence-corrected chi connectivity index (χ0v) is 27.1. The summed E-state index contributed by atoms with van der Waals surface area (Å²) in [6.07, 6.45) is -13.9. The Morgan fingerprint density at radius 1 is 1.04 bits per heavy atom. The number of esters is 1. The van der Waals surface area contributed by atoms with Crippen molar-refractivity contribution in [3.8, 4) is 0 Å². The molecule has 0 saturated heterocycles. The van der Waals surface area contributed by atoms with Gasteiger partial charge >= 0.3 is 18.3 Å². The molecule has 1 aliphatic heterocycles. The number of benzodiazepines with no additional fused rings is 1. The molecule has 0 spiro atoms. The molecule has 3 atom stereocenters. The van der Waals surface area contributed by atoms with E-state index in [-0.39, 0.29) is 22.9 Å². The molecule has 10 nitrogen and oxygen atoms in total. The molecule has 270 valence electrons. The minimum Gasteiger partial charge on any atom is -0.443 e. The van der Waals surface area contributed by atoms with Gasteiger partial charge in [0.25, 0.3) is 5.91 Å². The number of para-hydroxylation sites is 1. The maximum atomic E-state index is 14.3. The van der Waals surface area contributed by atoms with Crippen LogP contribution in [0.25, 0.3) is 0 Å². The van der Waals surface area contributed by atoms with Gasteiger partial charge in [-0.05, 0) is 37.0 Å². The third kappa shape index (κ3) is 12.5. The molecule has 1 heterocycles. The van der Waals surface area contributed by atoms with Gasteiger partial charge in [-0.1, -0.05) is 51.1 Å². The van der Waals surface area contributed by atoms with Gasteiger partial charge < -0.3 is 21.5 Å². The number of alkyl halides is 6. The summed E-state index contributed by atoms with van der Waals surface area (Å²) in [7, 11) is 0. The highest BCUT2D eigenvalue weighted by Gasteiger charge is 2.37. The van der Waals surface area contributed by atoms with Gasteiger partial charge in [0.1, 0.15) is 11.9 Å². The molecule has 3 unspecified atom stereocenters. The number of benzene rings is 2. The Bertz CT molecular complexity index is 1530. The van der Waals surface area contributed by atoms with Crippen LogP contribution in [-0.2, 0) is 23.9 Å². The molecule has 1 aliphatic rings. The van der Waals surface area contributed by atoms with E-state index >= 15 is 0 Å². The summed E-state index contributed by atoms with van der Waals surface area (Å²) < 4.78 is 90.9. The fourth-order valence-electron chi connectivity index (χ4n) is 4.46. The van der Waals surface area contributed by atoms with Gasteiger partial charge in [-0.2, -0.15) is 26.3 Å². The summed E-state index contributed by atoms with van der Waals surface area (Å²) in [4.78, 5) is 56.8. The number of carbonyl (C=O) groups excluding carboxylic acids is 4. The molecule has 3 amide bonds. The van der Waals surface area contributed by atoms with Crippen molar-refractivity contribution < 1.29 is 54.6 Å². The molecule has 3 rings (SSSR count). The zero-order valence-electron chi connectivity index (χ0n) is 27.1. The highest BCUT2D eigenvalue weighted by molar-refractivity contribution is 6.20. The lowest BCUT2D eigenvalue weighted by atomic mass is 9.97. The van der Waals surface area contributed by atoms with Crippen LogP contribution < -0.4 is 21.7 Å². The maximum Gasteiger partial charge on any atom is 0.389 e. The molecule has 0 saturated carbocycles. The smallest absolute Gasteiger partial charge is 0.389 e. The number of aliphatic imine (C=N–C) groups is 1. The normalized spacial score (nSPS) is 16.0. The second-order valence-corrected chi connectivity index (χ2v) is 11.5. The first-order valence-electron chi connectivity index (χ1n) is 15.0. The number of amides is 3. The summed E-state index contributed by atoms with van der Waals surface area (Å²) in [6, 6.07) is 9.21. The number of rotatable bonds is 11. The van der Waals surface area contributed by atoms with Gasteiger partial charge in [0.15, 0.2) is 6.73 Å². The molecule has 49 heavy (non-hydrogen) atoms. The summed E-state index contributed by atoms with van der Waals surface area (Å²) in [6.45, 7) is 5.51. The van der Waals surface area contributed by atoms with Crippen LogP contribution in [0, 0.1) is 24.6 Å². The van der Waals surface area contributed by atoms with Gasteiger partial charge in [0.2, 0.25) is 18.0 Å². The summed E-state index contributed by atoms with van der Waals surface area (Å²) >= 11 is 0. The second kappa shape index (κ2) is 17.2. The van der Waals surface area contributed by atoms with E-state index < -0.39 is 92.4 Å². The van der Waals surface area contributed by atoms with E-state index in [1.807, 2.05) is 0 Å². The molecule has 0 bridgehead atoms. The first-order valence-corrected chi connectivity index (χ1v) is 15.0. The van der Waals surface area contributed by atoms with E-state index in [0.717, 1.165) is 17.9 Å². The molecule has 5 N–H and O–H groups in total. The summed E-state index contributed by atoms with van der Waals surface area (Å²) in [5, 5.41) is 2.33. The number of nitrogens with one attached hydrogen (secondary N) is 1. The van der Waals surface area contributed by atoms with Crippen LogP contribution in [0.1, 0.15) is 63.1 Å². The van der Waals surface area contributed by atoms with Crippen LogP contribution in [0.5, 0.6) is 0 Å². The highest BCUT2D eigenvalue weighted by Crippen LogP contribution is 2.32. The minimum absolute atomic E-state index is 0.0753. The van der Waals surface area contributed by atoms with Crippen molar-refractivity contribution in [2.24, 2.45) is 28.3 Å². The number of hydrogen-bond acceptors (Lipinski definition) is 7. The van der Waals surface area contributed by atoms with Crippen LogP contribution in [0.2, 0.25) is 0 Å². The Morgan fingerprint density at radius 2 is 1.65 bits per heavy atom. The summed E-state index contributed by atoms with van der Waals surface area (Å²) in [5.74, 6) is -6.23. The fraction of sp³-hybridized carbons (Fsp3) is 0.469. The quantitative estimate of drug-likeness (QED) is 0.220. The predicted octanol–water partition coefficient (Wildman–Crippen LogP) is 5.04. The van der Waals surface area contributed by atoms with E-state index in [1.165, 1.54) is 18.2 Å². The molecule has 2 aromatic rings. The lowest BCUT2D eigenvalue weighted by Gasteiger charge is -2.27. The van der Waals surface area contributed by atoms with Crippen molar-refractivity contribution >= 4 is 35.1 Å². The molecule has 0 aromatic heterocycles. The number of anilines is 1. The third-order valence-electron chi connectivity index (χ3n) is 7.22. The van der Waals surface area contributed by atoms with E-state index in [9.17, 15) is 49.9 Å². The highest BCUT2D eigenvalue weighted by atomic mass is 19.4. The number of carbonyl (C=O) groups is 4. The lowest BCUT2D eigenvalue weighted by Crippen LogP contribution is -2.50. The number of nitrogens with two attached hydrogens (primary N) is 2. The number of ether oxygens (including phenoxy) is 1.